The normalized spacial score (nSPS) is 11.1. The summed E-state index contributed by atoms with van der Waals surface area (Å²) in [5, 5.41) is 3.61. The van der Waals surface area contributed by atoms with E-state index in [0.29, 0.717) is 0 Å². The molecule has 0 fully saturated rings. The monoisotopic (exact) mass is 829 g/mol. The Labute approximate surface area is 303 Å². The molecule has 3 nitrogen and oxygen atoms in total. The molecule has 0 atom stereocenters. The van der Waals surface area contributed by atoms with Crippen LogP contribution in [0.25, 0.3) is 66.7 Å². The van der Waals surface area contributed by atoms with E-state index in [4.69, 9.17) is 9.40 Å². The van der Waals surface area contributed by atoms with Crippen LogP contribution in [0.3, 0.4) is 0 Å². The van der Waals surface area contributed by atoms with Gasteiger partial charge in [-0.05, 0) is 51.8 Å². The number of rotatable bonds is 5. The van der Waals surface area contributed by atoms with E-state index in [9.17, 15) is 0 Å². The molecule has 0 bridgehead atoms. The summed E-state index contributed by atoms with van der Waals surface area (Å²) >= 11 is 0. The minimum absolute atomic E-state index is 0. The molecule has 5 heteroatoms. The van der Waals surface area contributed by atoms with Gasteiger partial charge in [0.2, 0.25) is 0 Å². The largest absolute Gasteiger partial charge is 0.501 e. The van der Waals surface area contributed by atoms with Crippen molar-refractivity contribution in [2.24, 2.45) is 0 Å². The molecule has 0 N–H and O–H groups in total. The van der Waals surface area contributed by atoms with Crippen molar-refractivity contribution in [3.8, 4) is 44.8 Å². The van der Waals surface area contributed by atoms with Crippen molar-refractivity contribution in [1.29, 1.82) is 0 Å². The summed E-state index contributed by atoms with van der Waals surface area (Å²) in [5.41, 5.74) is 11.3. The molecule has 3 heterocycles. The van der Waals surface area contributed by atoms with Crippen LogP contribution in [-0.4, -0.2) is 18.0 Å². The van der Waals surface area contributed by atoms with Gasteiger partial charge in [-0.3, -0.25) is 0 Å². The van der Waals surface area contributed by atoms with Crippen molar-refractivity contribution in [3.63, 3.8) is 0 Å². The van der Waals surface area contributed by atoms with Crippen LogP contribution in [0.5, 0.6) is 0 Å². The SMILES string of the molecule is C[Si](C)(C)c1ccc(-c2[c-]cccc2)nc1.Cc1cc(-c2[c-]ccc3c2oc2cccc(-c4ccccc4)c23)ncc1-c1ccccc1.[Ir]. The van der Waals surface area contributed by atoms with Gasteiger partial charge in [-0.1, -0.05) is 122 Å². The summed E-state index contributed by atoms with van der Waals surface area (Å²) in [6.07, 6.45) is 3.97. The molecule has 0 saturated heterocycles. The molecule has 0 saturated carbocycles. The van der Waals surface area contributed by atoms with Crippen LogP contribution in [0.4, 0.5) is 0 Å². The van der Waals surface area contributed by atoms with Crippen LogP contribution in [0, 0.1) is 19.1 Å². The molecular weight excluding hydrogens is 793 g/mol. The van der Waals surface area contributed by atoms with Gasteiger partial charge in [-0.15, -0.1) is 54.1 Å². The van der Waals surface area contributed by atoms with Gasteiger partial charge in [0.05, 0.1) is 13.7 Å². The molecule has 0 spiro atoms. The quantitative estimate of drug-likeness (QED) is 0.128. The number of benzene rings is 5. The Kier molecular flexibility index (Phi) is 10.2. The van der Waals surface area contributed by atoms with Gasteiger partial charge >= 0.3 is 0 Å². The number of pyridine rings is 2. The molecule has 0 aliphatic heterocycles. The molecule has 0 aliphatic carbocycles. The van der Waals surface area contributed by atoms with Gasteiger partial charge in [0.15, 0.2) is 0 Å². The maximum atomic E-state index is 6.38. The zero-order valence-corrected chi connectivity index (χ0v) is 31.4. The number of hydrogen-bond acceptors (Lipinski definition) is 3. The first-order valence-corrected chi connectivity index (χ1v) is 19.7. The molecule has 3 aromatic heterocycles. The Hall–Kier alpha value is -4.93. The maximum Gasteiger partial charge on any atom is 0.121 e. The fourth-order valence-electron chi connectivity index (χ4n) is 6.00. The molecular formula is C44H36IrN2OSi-2. The molecule has 0 aliphatic rings. The smallest absolute Gasteiger partial charge is 0.121 e. The van der Waals surface area contributed by atoms with Gasteiger partial charge in [0.25, 0.3) is 0 Å². The molecule has 0 amide bonds. The van der Waals surface area contributed by atoms with E-state index in [0.717, 1.165) is 50.0 Å². The first-order chi connectivity index (χ1) is 23.4. The minimum atomic E-state index is -1.23. The van der Waals surface area contributed by atoms with E-state index in [1.54, 1.807) is 0 Å². The van der Waals surface area contributed by atoms with Crippen molar-refractivity contribution < 1.29 is 24.5 Å². The van der Waals surface area contributed by atoms with Crippen molar-refractivity contribution in [2.45, 2.75) is 26.6 Å². The molecule has 49 heavy (non-hydrogen) atoms. The second-order valence-electron chi connectivity index (χ2n) is 13.0. The topological polar surface area (TPSA) is 38.9 Å². The van der Waals surface area contributed by atoms with Gasteiger partial charge in [0, 0.05) is 43.4 Å². The van der Waals surface area contributed by atoms with E-state index in [1.807, 2.05) is 67.0 Å². The Bertz CT molecular complexity index is 2310. The molecule has 243 valence electrons. The van der Waals surface area contributed by atoms with Crippen molar-refractivity contribution in [2.75, 3.05) is 0 Å². The van der Waals surface area contributed by atoms with Crippen LogP contribution in [0.2, 0.25) is 19.6 Å². The third-order valence-corrected chi connectivity index (χ3v) is 10.6. The molecule has 8 rings (SSSR count). The zero-order valence-electron chi connectivity index (χ0n) is 28.0. The number of aryl methyl sites for hydroxylation is 1. The van der Waals surface area contributed by atoms with E-state index >= 15 is 0 Å². The third kappa shape index (κ3) is 7.25. The summed E-state index contributed by atoms with van der Waals surface area (Å²) in [7, 11) is -1.23. The van der Waals surface area contributed by atoms with Crippen molar-refractivity contribution in [3.05, 3.63) is 164 Å². The average Bonchev–Trinajstić information content (AvgIpc) is 3.52. The number of furan rings is 1. The van der Waals surface area contributed by atoms with Crippen molar-refractivity contribution in [1.82, 2.24) is 9.97 Å². The predicted octanol–water partition coefficient (Wildman–Crippen LogP) is 11.2. The summed E-state index contributed by atoms with van der Waals surface area (Å²) in [4.78, 5) is 9.31. The Morgan fingerprint density at radius 2 is 1.31 bits per heavy atom. The summed E-state index contributed by atoms with van der Waals surface area (Å²) in [6.45, 7) is 9.12. The van der Waals surface area contributed by atoms with Gasteiger partial charge in [-0.2, -0.15) is 0 Å². The number of nitrogens with zero attached hydrogens (tertiary/aromatic N) is 2. The summed E-state index contributed by atoms with van der Waals surface area (Å²) in [6, 6.07) is 52.0. The van der Waals surface area contributed by atoms with E-state index < -0.39 is 8.07 Å². The molecule has 0 unspecified atom stereocenters. The third-order valence-electron chi connectivity index (χ3n) is 8.61. The second-order valence-corrected chi connectivity index (χ2v) is 18.0. The van der Waals surface area contributed by atoms with Crippen LogP contribution in [0.1, 0.15) is 5.56 Å². The first kappa shape index (κ1) is 33.9. The Balaban J connectivity index is 0.000000208. The first-order valence-electron chi connectivity index (χ1n) is 16.2. The van der Waals surface area contributed by atoms with E-state index in [2.05, 4.69) is 123 Å². The van der Waals surface area contributed by atoms with Gasteiger partial charge in [0.1, 0.15) is 5.58 Å². The number of fused-ring (bicyclic) bond motifs is 3. The fraction of sp³-hybridized carbons (Fsp3) is 0.0909. The zero-order chi connectivity index (χ0) is 33.1. The van der Waals surface area contributed by atoms with Crippen LogP contribution in [0.15, 0.2) is 150 Å². The van der Waals surface area contributed by atoms with Crippen LogP contribution < -0.4 is 5.19 Å². The maximum absolute atomic E-state index is 6.38. The molecule has 1 radical (unpaired) electrons. The minimum Gasteiger partial charge on any atom is -0.501 e. The summed E-state index contributed by atoms with van der Waals surface area (Å²) < 4.78 is 6.38. The second kappa shape index (κ2) is 14.7. The number of aromatic nitrogens is 2. The van der Waals surface area contributed by atoms with Crippen molar-refractivity contribution >= 4 is 35.2 Å². The Morgan fingerprint density at radius 3 is 1.94 bits per heavy atom. The molecule has 8 aromatic rings. The van der Waals surface area contributed by atoms with Gasteiger partial charge < -0.3 is 14.4 Å². The predicted molar refractivity (Wildman–Crippen MR) is 203 cm³/mol. The molecule has 5 aromatic carbocycles. The standard InChI is InChI=1S/C30H20NO.C14H16NSi.Ir/c1-20-18-27(31-19-26(20)22-12-6-3-7-13-22)24-15-8-16-25-29-23(21-10-4-2-5-11-21)14-9-17-28(29)32-30(24)25;1-16(2,3)13-9-10-14(15-11-13)12-7-5-4-6-8-12;/h2-14,16-19H,1H3;4-7,9-11H,1-3H3;/q2*-1;. The van der Waals surface area contributed by atoms with E-state index in [1.165, 1.54) is 27.4 Å². The fourth-order valence-corrected chi connectivity index (χ4v) is 7.04. The van der Waals surface area contributed by atoms with Crippen LogP contribution in [-0.2, 0) is 20.1 Å². The van der Waals surface area contributed by atoms with Crippen LogP contribution >= 0.6 is 0 Å². The Morgan fingerprint density at radius 1 is 0.612 bits per heavy atom. The summed E-state index contributed by atoms with van der Waals surface area (Å²) in [5.74, 6) is 0. The number of hydrogen-bond donors (Lipinski definition) is 0. The van der Waals surface area contributed by atoms with E-state index in [-0.39, 0.29) is 20.1 Å². The average molecular weight is 829 g/mol. The van der Waals surface area contributed by atoms with Gasteiger partial charge in [-0.25, -0.2) is 0 Å².